The Balaban J connectivity index is 1.14. The van der Waals surface area contributed by atoms with Crippen LogP contribution in [0.25, 0.3) is 33.0 Å². The largest absolute Gasteiger partial charge is 0.458 e. The molecule has 0 fully saturated rings. The monoisotopic (exact) mass is 693 g/mol. The topological polar surface area (TPSA) is 21.7 Å². The van der Waals surface area contributed by atoms with Gasteiger partial charge in [-0.3, -0.25) is 0 Å². The molecule has 2 aliphatic heterocycles. The average molecular weight is 694 g/mol. The molecule has 2 heterocycles. The van der Waals surface area contributed by atoms with Crippen molar-refractivity contribution in [3.63, 3.8) is 0 Å². The fourth-order valence-corrected chi connectivity index (χ4v) is 9.26. The summed E-state index contributed by atoms with van der Waals surface area (Å²) in [5.74, 6) is 3.56. The maximum atomic E-state index is 6.94. The van der Waals surface area contributed by atoms with Gasteiger partial charge in [0.15, 0.2) is 0 Å². The number of nitrogens with zero attached hydrogens (tertiary/aromatic N) is 1. The van der Waals surface area contributed by atoms with Crippen LogP contribution in [0.4, 0.5) is 17.1 Å². The lowest BCUT2D eigenvalue weighted by molar-refractivity contribution is 0.464. The molecule has 3 aliphatic rings. The van der Waals surface area contributed by atoms with E-state index in [2.05, 4.69) is 189 Å². The molecule has 54 heavy (non-hydrogen) atoms. The quantitative estimate of drug-likeness (QED) is 0.171. The minimum Gasteiger partial charge on any atom is -0.458 e. The predicted molar refractivity (Wildman–Crippen MR) is 224 cm³/mol. The van der Waals surface area contributed by atoms with Crippen LogP contribution in [0.15, 0.2) is 164 Å². The van der Waals surface area contributed by atoms with Gasteiger partial charge >= 0.3 is 0 Å². The second kappa shape index (κ2) is 11.5. The molecule has 0 spiro atoms. The number of para-hydroxylation sites is 2. The number of ether oxygens (including phenoxy) is 2. The highest BCUT2D eigenvalue weighted by atomic mass is 16.5. The summed E-state index contributed by atoms with van der Waals surface area (Å²) in [7, 11) is 0. The molecule has 0 unspecified atom stereocenters. The molecule has 0 bridgehead atoms. The molecule has 11 rings (SSSR count). The van der Waals surface area contributed by atoms with E-state index in [1.165, 1.54) is 60.8 Å². The van der Waals surface area contributed by atoms with Gasteiger partial charge in [-0.2, -0.15) is 0 Å². The average Bonchev–Trinajstić information content (AvgIpc) is 3.42. The molecular weight excluding hydrogens is 657 g/mol. The van der Waals surface area contributed by atoms with Gasteiger partial charge in [-0.1, -0.05) is 123 Å². The summed E-state index contributed by atoms with van der Waals surface area (Å²) in [5, 5.41) is 2.45. The van der Waals surface area contributed by atoms with E-state index in [0.717, 1.165) is 45.4 Å². The summed E-state index contributed by atoms with van der Waals surface area (Å²) >= 11 is 0. The number of hydrogen-bond donors (Lipinski definition) is 0. The summed E-state index contributed by atoms with van der Waals surface area (Å²) in [6.45, 7) is 6.85. The highest BCUT2D eigenvalue weighted by Gasteiger charge is 2.44. The summed E-state index contributed by atoms with van der Waals surface area (Å²) in [6.07, 6.45) is 0. The smallest absolute Gasteiger partial charge is 0.260 e. The minimum absolute atomic E-state index is 0.0319. The molecule has 1 aliphatic carbocycles. The SMILES string of the molecule is Cc1cc2c3c(c1)Oc1cc4c(cc1B3c1cc(-c3ccccc3)ccc1O2)C(C)(C)c1cc(N(c2ccccc2)c2ccccc2)c2ccccc2c1-4. The number of aryl methyl sites for hydroxylation is 1. The van der Waals surface area contributed by atoms with Gasteiger partial charge in [0.25, 0.3) is 6.71 Å². The first-order valence-electron chi connectivity index (χ1n) is 18.8. The first-order chi connectivity index (χ1) is 26.4. The van der Waals surface area contributed by atoms with Crippen molar-refractivity contribution in [3.05, 3.63) is 180 Å². The lowest BCUT2D eigenvalue weighted by atomic mass is 9.34. The van der Waals surface area contributed by atoms with E-state index >= 15 is 0 Å². The van der Waals surface area contributed by atoms with Gasteiger partial charge in [0.1, 0.15) is 23.0 Å². The van der Waals surface area contributed by atoms with Gasteiger partial charge in [0.2, 0.25) is 0 Å². The lowest BCUT2D eigenvalue weighted by Gasteiger charge is -2.34. The normalized spacial score (nSPS) is 13.9. The predicted octanol–water partition coefficient (Wildman–Crippen LogP) is 11.3. The van der Waals surface area contributed by atoms with Crippen LogP contribution in [0.1, 0.15) is 30.5 Å². The Labute approximate surface area is 316 Å². The van der Waals surface area contributed by atoms with Gasteiger partial charge in [0, 0.05) is 27.6 Å². The van der Waals surface area contributed by atoms with Crippen LogP contribution < -0.4 is 30.8 Å². The third-order valence-corrected chi connectivity index (χ3v) is 11.8. The van der Waals surface area contributed by atoms with Gasteiger partial charge in [-0.25, -0.2) is 0 Å². The van der Waals surface area contributed by atoms with Crippen molar-refractivity contribution in [1.29, 1.82) is 0 Å². The van der Waals surface area contributed by atoms with Crippen LogP contribution in [-0.2, 0) is 5.41 Å². The number of hydrogen-bond acceptors (Lipinski definition) is 3. The van der Waals surface area contributed by atoms with E-state index in [1.807, 2.05) is 0 Å². The van der Waals surface area contributed by atoms with E-state index in [4.69, 9.17) is 9.47 Å². The fourth-order valence-electron chi connectivity index (χ4n) is 9.26. The van der Waals surface area contributed by atoms with Crippen LogP contribution >= 0.6 is 0 Å². The Morgan fingerprint density at radius 3 is 1.78 bits per heavy atom. The van der Waals surface area contributed by atoms with Crippen LogP contribution in [0.3, 0.4) is 0 Å². The molecule has 0 aromatic heterocycles. The van der Waals surface area contributed by atoms with Crippen LogP contribution in [0.2, 0.25) is 0 Å². The van der Waals surface area contributed by atoms with Crippen molar-refractivity contribution in [3.8, 4) is 45.3 Å². The molecule has 0 atom stereocenters. The van der Waals surface area contributed by atoms with E-state index in [-0.39, 0.29) is 12.1 Å². The number of anilines is 3. The molecule has 8 aromatic rings. The fraction of sp³-hybridized carbons (Fsp3) is 0.0800. The van der Waals surface area contributed by atoms with E-state index in [9.17, 15) is 0 Å². The van der Waals surface area contributed by atoms with Crippen molar-refractivity contribution in [2.24, 2.45) is 0 Å². The number of benzene rings is 8. The molecule has 256 valence electrons. The van der Waals surface area contributed by atoms with Crippen LogP contribution in [0.5, 0.6) is 23.0 Å². The van der Waals surface area contributed by atoms with E-state index in [1.54, 1.807) is 0 Å². The van der Waals surface area contributed by atoms with Crippen LogP contribution in [0, 0.1) is 6.92 Å². The zero-order valence-electron chi connectivity index (χ0n) is 30.4. The maximum absolute atomic E-state index is 6.94. The molecule has 0 saturated heterocycles. The summed E-state index contributed by atoms with van der Waals surface area (Å²) in [4.78, 5) is 2.40. The second-order valence-corrected chi connectivity index (χ2v) is 15.4. The Kier molecular flexibility index (Phi) is 6.61. The molecule has 4 heteroatoms. The lowest BCUT2D eigenvalue weighted by Crippen LogP contribution is -2.57. The number of fused-ring (bicyclic) bond motifs is 9. The van der Waals surface area contributed by atoms with Gasteiger partial charge in [0.05, 0.1) is 5.69 Å². The second-order valence-electron chi connectivity index (χ2n) is 15.4. The minimum atomic E-state index is -0.284. The first-order valence-corrected chi connectivity index (χ1v) is 18.8. The highest BCUT2D eigenvalue weighted by Crippen LogP contribution is 2.55. The zero-order valence-corrected chi connectivity index (χ0v) is 30.4. The van der Waals surface area contributed by atoms with Crippen molar-refractivity contribution < 1.29 is 9.47 Å². The molecule has 8 aromatic carbocycles. The summed E-state index contributed by atoms with van der Waals surface area (Å²) < 4.78 is 13.6. The zero-order chi connectivity index (χ0) is 36.1. The molecule has 0 N–H and O–H groups in total. The Morgan fingerprint density at radius 1 is 0.500 bits per heavy atom. The molecule has 0 saturated carbocycles. The van der Waals surface area contributed by atoms with Crippen molar-refractivity contribution in [2.75, 3.05) is 4.90 Å². The first kappa shape index (κ1) is 31.1. The highest BCUT2D eigenvalue weighted by molar-refractivity contribution is 6.98. The van der Waals surface area contributed by atoms with Crippen molar-refractivity contribution in [1.82, 2.24) is 0 Å². The van der Waals surface area contributed by atoms with Gasteiger partial charge in [-0.05, 0) is 117 Å². The van der Waals surface area contributed by atoms with Crippen LogP contribution in [-0.4, -0.2) is 6.71 Å². The summed E-state index contributed by atoms with van der Waals surface area (Å²) in [6, 6.07) is 59.1. The molecule has 0 radical (unpaired) electrons. The summed E-state index contributed by atoms with van der Waals surface area (Å²) in [5.41, 5.74) is 15.2. The van der Waals surface area contributed by atoms with Gasteiger partial charge in [-0.15, -0.1) is 0 Å². The van der Waals surface area contributed by atoms with E-state index < -0.39 is 0 Å². The maximum Gasteiger partial charge on any atom is 0.260 e. The van der Waals surface area contributed by atoms with Crippen molar-refractivity contribution in [2.45, 2.75) is 26.2 Å². The van der Waals surface area contributed by atoms with Gasteiger partial charge < -0.3 is 14.4 Å². The Hall–Kier alpha value is -6.52. The number of rotatable bonds is 4. The molecule has 0 amide bonds. The molecular formula is C50H36BNO2. The third kappa shape index (κ3) is 4.50. The van der Waals surface area contributed by atoms with E-state index in [0.29, 0.717) is 0 Å². The van der Waals surface area contributed by atoms with Crippen molar-refractivity contribution >= 4 is 50.9 Å². The standard InChI is InChI=1S/C50H36BNO2/c1-31-25-46-49-47(26-31)54-45-28-38-39(29-42(45)51(49)41-27-33(23-24-44(41)53-46)32-15-7-4-8-16-32)50(2,3)40-30-43(36-21-13-14-22-37(36)48(38)40)52(34-17-9-5-10-18-34)35-19-11-6-12-20-35/h4-30H,1-3H3. The Bertz CT molecular complexity index is 2770. The molecule has 3 nitrogen and oxygen atoms in total. The third-order valence-electron chi connectivity index (χ3n) is 11.8. The Morgan fingerprint density at radius 2 is 1.09 bits per heavy atom.